The van der Waals surface area contributed by atoms with Crippen LogP contribution in [0.1, 0.15) is 47.1 Å². The van der Waals surface area contributed by atoms with Crippen molar-refractivity contribution in [3.05, 3.63) is 87.3 Å². The molecular formula is C26H24F3N3O4S. The van der Waals surface area contributed by atoms with E-state index in [0.29, 0.717) is 23.0 Å². The van der Waals surface area contributed by atoms with Crippen molar-refractivity contribution in [1.29, 1.82) is 0 Å². The van der Waals surface area contributed by atoms with Gasteiger partial charge < -0.3 is 14.7 Å². The van der Waals surface area contributed by atoms with Crippen molar-refractivity contribution in [2.45, 2.75) is 42.8 Å². The minimum absolute atomic E-state index is 0.373. The summed E-state index contributed by atoms with van der Waals surface area (Å²) in [5, 5.41) is 12.2. The number of pyridine rings is 1. The maximum absolute atomic E-state index is 13.9. The van der Waals surface area contributed by atoms with Crippen LogP contribution in [0.25, 0.3) is 0 Å². The molecule has 0 bridgehead atoms. The van der Waals surface area contributed by atoms with Gasteiger partial charge in [0.25, 0.3) is 5.91 Å². The maximum atomic E-state index is 13.9. The standard InChI is InChI=1S/C26H24F3N3O4S/c1-3-36-19-9-6-7-16-13-37-20-10-5-4-8-17(20)22(21(16)19)32-14-30(15(2)26(27,28)29)25(35)23-24(34)18(33)11-12-31(23)32/h4-12,15,22,34H,3,13-14H2,1-2H3/t15-,22+/m1/s1. The van der Waals surface area contributed by atoms with Gasteiger partial charge in [0, 0.05) is 28.5 Å². The Morgan fingerprint density at radius 1 is 1.14 bits per heavy atom. The smallest absolute Gasteiger partial charge is 0.408 e. The van der Waals surface area contributed by atoms with Crippen LogP contribution in [0.15, 0.2) is 64.4 Å². The molecule has 0 fully saturated rings. The minimum Gasteiger partial charge on any atom is -0.502 e. The SMILES string of the molecule is CCOc1cccc2c1[C@@H](N1CN([C@H](C)C(F)(F)F)C(=O)c3c(O)c(=O)ccn31)c1ccccc1SC2. The number of halogens is 3. The fourth-order valence-corrected chi connectivity index (χ4v) is 5.89. The van der Waals surface area contributed by atoms with Crippen molar-refractivity contribution >= 4 is 17.7 Å². The average Bonchev–Trinajstić information content (AvgIpc) is 3.03. The molecule has 2 aromatic carbocycles. The van der Waals surface area contributed by atoms with Gasteiger partial charge in [-0.2, -0.15) is 13.2 Å². The summed E-state index contributed by atoms with van der Waals surface area (Å²) in [6.45, 7) is 2.66. The third-order valence-electron chi connectivity index (χ3n) is 6.66. The lowest BCUT2D eigenvalue weighted by Gasteiger charge is -2.46. The van der Waals surface area contributed by atoms with E-state index in [-0.39, 0.29) is 0 Å². The van der Waals surface area contributed by atoms with E-state index in [0.717, 1.165) is 34.6 Å². The van der Waals surface area contributed by atoms with E-state index in [4.69, 9.17) is 4.74 Å². The number of rotatable bonds is 4. The summed E-state index contributed by atoms with van der Waals surface area (Å²) in [6, 6.07) is 11.4. The summed E-state index contributed by atoms with van der Waals surface area (Å²) in [7, 11) is 0. The Hall–Kier alpha value is -3.60. The van der Waals surface area contributed by atoms with Crippen molar-refractivity contribution < 1.29 is 27.8 Å². The van der Waals surface area contributed by atoms with Crippen molar-refractivity contribution in [3.8, 4) is 11.5 Å². The summed E-state index contributed by atoms with van der Waals surface area (Å²) in [5.41, 5.74) is 1.11. The highest BCUT2D eigenvalue weighted by atomic mass is 32.2. The van der Waals surface area contributed by atoms with Gasteiger partial charge in [-0.05, 0) is 37.1 Å². The molecule has 7 nitrogen and oxygen atoms in total. The Morgan fingerprint density at radius 3 is 2.62 bits per heavy atom. The second-order valence-corrected chi connectivity index (χ2v) is 9.80. The second-order valence-electron chi connectivity index (χ2n) is 8.79. The average molecular weight is 532 g/mol. The highest BCUT2D eigenvalue weighted by Gasteiger charge is 2.48. The van der Waals surface area contributed by atoms with E-state index in [1.807, 2.05) is 49.4 Å². The van der Waals surface area contributed by atoms with E-state index in [1.165, 1.54) is 10.9 Å². The van der Waals surface area contributed by atoms with Crippen LogP contribution in [0.2, 0.25) is 0 Å². The van der Waals surface area contributed by atoms with Crippen LogP contribution >= 0.6 is 11.8 Å². The van der Waals surface area contributed by atoms with Crippen molar-refractivity contribution in [2.75, 3.05) is 18.3 Å². The van der Waals surface area contributed by atoms with Crippen LogP contribution in [0.3, 0.4) is 0 Å². The zero-order valence-electron chi connectivity index (χ0n) is 20.0. The number of fused-ring (bicyclic) bond motifs is 3. The lowest BCUT2D eigenvalue weighted by Crippen LogP contribution is -2.60. The van der Waals surface area contributed by atoms with E-state index in [1.54, 1.807) is 16.8 Å². The van der Waals surface area contributed by atoms with E-state index in [9.17, 15) is 27.9 Å². The lowest BCUT2D eigenvalue weighted by molar-refractivity contribution is -0.173. The van der Waals surface area contributed by atoms with E-state index in [2.05, 4.69) is 0 Å². The monoisotopic (exact) mass is 531 g/mol. The van der Waals surface area contributed by atoms with Gasteiger partial charge in [0.2, 0.25) is 5.43 Å². The summed E-state index contributed by atoms with van der Waals surface area (Å²) >= 11 is 1.59. The zero-order valence-corrected chi connectivity index (χ0v) is 20.8. The first-order valence-corrected chi connectivity index (χ1v) is 12.7. The summed E-state index contributed by atoms with van der Waals surface area (Å²) in [4.78, 5) is 27.1. The van der Waals surface area contributed by atoms with Crippen LogP contribution in [-0.2, 0) is 5.75 Å². The van der Waals surface area contributed by atoms with Crippen molar-refractivity contribution in [1.82, 2.24) is 9.58 Å². The third kappa shape index (κ3) is 4.20. The molecule has 1 aromatic heterocycles. The molecule has 2 aliphatic heterocycles. The van der Waals surface area contributed by atoms with Crippen LogP contribution in [0, 0.1) is 0 Å². The van der Waals surface area contributed by atoms with Gasteiger partial charge in [-0.25, -0.2) is 0 Å². The number of carbonyl (C=O) groups excluding carboxylic acids is 1. The number of hydrogen-bond donors (Lipinski definition) is 1. The first-order chi connectivity index (χ1) is 17.6. The molecule has 37 heavy (non-hydrogen) atoms. The Bertz CT molecular complexity index is 1420. The van der Waals surface area contributed by atoms with Crippen molar-refractivity contribution in [3.63, 3.8) is 0 Å². The van der Waals surface area contributed by atoms with Gasteiger partial charge in [-0.1, -0.05) is 30.3 Å². The number of ether oxygens (including phenoxy) is 1. The number of carbonyl (C=O) groups is 1. The molecule has 0 unspecified atom stereocenters. The number of aromatic nitrogens is 1. The normalized spacial score (nSPS) is 18.0. The molecule has 2 atom stereocenters. The Balaban J connectivity index is 1.81. The molecule has 0 radical (unpaired) electrons. The highest BCUT2D eigenvalue weighted by molar-refractivity contribution is 7.98. The third-order valence-corrected chi connectivity index (χ3v) is 7.80. The lowest BCUT2D eigenvalue weighted by atomic mass is 9.93. The number of aromatic hydroxyl groups is 1. The molecule has 0 spiro atoms. The van der Waals surface area contributed by atoms with Crippen molar-refractivity contribution in [2.24, 2.45) is 0 Å². The molecule has 3 aromatic rings. The largest absolute Gasteiger partial charge is 0.502 e. The van der Waals surface area contributed by atoms with Gasteiger partial charge in [-0.15, -0.1) is 11.8 Å². The Kier molecular flexibility index (Phi) is 6.35. The highest BCUT2D eigenvalue weighted by Crippen LogP contribution is 2.46. The summed E-state index contributed by atoms with van der Waals surface area (Å²) < 4.78 is 48.9. The molecule has 5 rings (SSSR count). The topological polar surface area (TPSA) is 75.0 Å². The quantitative estimate of drug-likeness (QED) is 0.529. The van der Waals surface area contributed by atoms with Gasteiger partial charge in [0.15, 0.2) is 11.4 Å². The molecule has 1 amide bonds. The fraction of sp³-hybridized carbons (Fsp3) is 0.308. The fourth-order valence-electron chi connectivity index (χ4n) is 4.80. The first-order valence-electron chi connectivity index (χ1n) is 11.7. The molecule has 0 aliphatic carbocycles. The molecular weight excluding hydrogens is 507 g/mol. The predicted molar refractivity (Wildman–Crippen MR) is 133 cm³/mol. The Labute approximate surface area is 215 Å². The Morgan fingerprint density at radius 2 is 1.89 bits per heavy atom. The summed E-state index contributed by atoms with van der Waals surface area (Å²) in [5.74, 6) is -0.805. The van der Waals surface area contributed by atoms with E-state index < -0.39 is 47.7 Å². The number of thioether (sulfide) groups is 1. The summed E-state index contributed by atoms with van der Waals surface area (Å²) in [6.07, 6.45) is -3.41. The molecule has 0 saturated heterocycles. The van der Waals surface area contributed by atoms with Crippen LogP contribution in [-0.4, -0.2) is 46.1 Å². The molecule has 11 heteroatoms. The number of nitrogens with zero attached hydrogens (tertiary/aromatic N) is 3. The van der Waals surface area contributed by atoms with E-state index >= 15 is 0 Å². The van der Waals surface area contributed by atoms with Crippen LogP contribution < -0.4 is 15.2 Å². The zero-order chi connectivity index (χ0) is 26.5. The predicted octanol–water partition coefficient (Wildman–Crippen LogP) is 4.65. The molecule has 0 saturated carbocycles. The first kappa shape index (κ1) is 25.1. The number of amides is 1. The van der Waals surface area contributed by atoms with Gasteiger partial charge in [0.1, 0.15) is 24.5 Å². The number of hydrogen-bond acceptors (Lipinski definition) is 6. The minimum atomic E-state index is -4.72. The molecule has 2 aliphatic rings. The molecule has 194 valence electrons. The second kappa shape index (κ2) is 9.37. The van der Waals surface area contributed by atoms with Crippen LogP contribution in [0.4, 0.5) is 13.2 Å². The van der Waals surface area contributed by atoms with Crippen LogP contribution in [0.5, 0.6) is 11.5 Å². The van der Waals surface area contributed by atoms with Gasteiger partial charge in [-0.3, -0.25) is 19.3 Å². The maximum Gasteiger partial charge on any atom is 0.408 e. The van der Waals surface area contributed by atoms with Gasteiger partial charge in [0.05, 0.1) is 6.61 Å². The number of alkyl halides is 3. The molecule has 1 N–H and O–H groups in total. The number of benzene rings is 2. The molecule has 3 heterocycles. The van der Waals surface area contributed by atoms with Gasteiger partial charge >= 0.3 is 6.18 Å².